The number of carbonyl (C=O) groups is 2. The van der Waals surface area contributed by atoms with E-state index < -0.39 is 5.97 Å². The number of anilines is 1. The highest BCUT2D eigenvalue weighted by atomic mass is 16.4. The van der Waals surface area contributed by atoms with Crippen LogP contribution in [0.5, 0.6) is 0 Å². The van der Waals surface area contributed by atoms with Gasteiger partial charge < -0.3 is 10.4 Å². The SMILES string of the molecule is CCCCC(CC)C(=O)Nc1cc(C(=O)O)ccn1. The molecule has 1 aromatic heterocycles. The summed E-state index contributed by atoms with van der Waals surface area (Å²) in [5, 5.41) is 11.6. The minimum absolute atomic E-state index is 0.0461. The van der Waals surface area contributed by atoms with Gasteiger partial charge in [-0.15, -0.1) is 0 Å². The fourth-order valence-electron chi connectivity index (χ4n) is 1.83. The minimum Gasteiger partial charge on any atom is -0.478 e. The van der Waals surface area contributed by atoms with Gasteiger partial charge in [-0.1, -0.05) is 26.7 Å². The third-order valence-corrected chi connectivity index (χ3v) is 3.03. The van der Waals surface area contributed by atoms with Gasteiger partial charge in [0.25, 0.3) is 0 Å². The molecule has 0 radical (unpaired) electrons. The second kappa shape index (κ2) is 7.51. The van der Waals surface area contributed by atoms with Gasteiger partial charge >= 0.3 is 5.97 Å². The number of rotatable bonds is 7. The molecule has 0 aromatic carbocycles. The summed E-state index contributed by atoms with van der Waals surface area (Å²) in [6.45, 7) is 4.06. The molecule has 2 N–H and O–H groups in total. The van der Waals surface area contributed by atoms with Gasteiger partial charge in [-0.2, -0.15) is 0 Å². The van der Waals surface area contributed by atoms with E-state index in [0.717, 1.165) is 25.7 Å². The molecule has 0 fully saturated rings. The summed E-state index contributed by atoms with van der Waals surface area (Å²) in [5.74, 6) is -0.878. The smallest absolute Gasteiger partial charge is 0.335 e. The molecule has 19 heavy (non-hydrogen) atoms. The molecule has 5 nitrogen and oxygen atoms in total. The molecule has 1 amide bonds. The van der Waals surface area contributed by atoms with Crippen LogP contribution in [-0.4, -0.2) is 22.0 Å². The molecular weight excluding hydrogens is 244 g/mol. The number of amides is 1. The molecule has 0 saturated heterocycles. The normalized spacial score (nSPS) is 11.9. The zero-order valence-corrected chi connectivity index (χ0v) is 11.3. The number of pyridine rings is 1. The van der Waals surface area contributed by atoms with Crippen molar-refractivity contribution in [3.8, 4) is 0 Å². The maximum atomic E-state index is 12.0. The molecule has 1 unspecified atom stereocenters. The van der Waals surface area contributed by atoms with Gasteiger partial charge in [0, 0.05) is 12.1 Å². The third-order valence-electron chi connectivity index (χ3n) is 3.03. The molecule has 5 heteroatoms. The first kappa shape index (κ1) is 15.1. The van der Waals surface area contributed by atoms with Gasteiger partial charge in [0.1, 0.15) is 5.82 Å². The van der Waals surface area contributed by atoms with Crippen LogP contribution in [0.2, 0.25) is 0 Å². The van der Waals surface area contributed by atoms with Crippen LogP contribution in [0, 0.1) is 5.92 Å². The van der Waals surface area contributed by atoms with Crippen LogP contribution in [0.1, 0.15) is 49.9 Å². The Morgan fingerprint density at radius 1 is 1.42 bits per heavy atom. The minimum atomic E-state index is -1.03. The summed E-state index contributed by atoms with van der Waals surface area (Å²) in [6, 6.07) is 2.76. The van der Waals surface area contributed by atoms with Gasteiger partial charge in [-0.25, -0.2) is 9.78 Å². The van der Waals surface area contributed by atoms with Gasteiger partial charge in [-0.3, -0.25) is 4.79 Å². The summed E-state index contributed by atoms with van der Waals surface area (Å²) in [4.78, 5) is 26.8. The molecule has 0 spiro atoms. The Hall–Kier alpha value is -1.91. The molecule has 1 rings (SSSR count). The molecule has 1 atom stereocenters. The summed E-state index contributed by atoms with van der Waals surface area (Å²) >= 11 is 0. The zero-order chi connectivity index (χ0) is 14.3. The van der Waals surface area contributed by atoms with Crippen LogP contribution in [0.3, 0.4) is 0 Å². The molecule has 0 aliphatic rings. The van der Waals surface area contributed by atoms with Crippen molar-refractivity contribution >= 4 is 17.7 Å². The number of unbranched alkanes of at least 4 members (excludes halogenated alkanes) is 1. The highest BCUT2D eigenvalue weighted by Crippen LogP contribution is 2.15. The summed E-state index contributed by atoms with van der Waals surface area (Å²) in [6.07, 6.45) is 5.05. The van der Waals surface area contributed by atoms with Crippen molar-refractivity contribution in [1.29, 1.82) is 0 Å². The maximum absolute atomic E-state index is 12.0. The highest BCUT2D eigenvalue weighted by molar-refractivity contribution is 5.93. The predicted octanol–water partition coefficient (Wildman–Crippen LogP) is 2.93. The predicted molar refractivity (Wildman–Crippen MR) is 73.1 cm³/mol. The van der Waals surface area contributed by atoms with E-state index in [9.17, 15) is 9.59 Å². The van der Waals surface area contributed by atoms with E-state index >= 15 is 0 Å². The van der Waals surface area contributed by atoms with Crippen molar-refractivity contribution in [3.63, 3.8) is 0 Å². The van der Waals surface area contributed by atoms with Crippen LogP contribution >= 0.6 is 0 Å². The van der Waals surface area contributed by atoms with Crippen LogP contribution in [0.15, 0.2) is 18.3 Å². The standard InChI is InChI=1S/C14H20N2O3/c1-3-5-6-10(4-2)13(17)16-12-9-11(14(18)19)7-8-15-12/h7-10H,3-6H2,1-2H3,(H,18,19)(H,15,16,17). The summed E-state index contributed by atoms with van der Waals surface area (Å²) < 4.78 is 0. The monoisotopic (exact) mass is 264 g/mol. The number of nitrogens with one attached hydrogen (secondary N) is 1. The van der Waals surface area contributed by atoms with Crippen molar-refractivity contribution in [3.05, 3.63) is 23.9 Å². The Morgan fingerprint density at radius 3 is 2.74 bits per heavy atom. The quantitative estimate of drug-likeness (QED) is 0.793. The lowest BCUT2D eigenvalue weighted by Crippen LogP contribution is -2.23. The molecule has 0 aliphatic heterocycles. The molecule has 1 heterocycles. The average Bonchev–Trinajstić information content (AvgIpc) is 2.40. The number of hydrogen-bond acceptors (Lipinski definition) is 3. The Kier molecular flexibility index (Phi) is 5.99. The summed E-state index contributed by atoms with van der Waals surface area (Å²) in [5.41, 5.74) is 0.118. The van der Waals surface area contributed by atoms with E-state index in [1.54, 1.807) is 0 Å². The number of carbonyl (C=O) groups excluding carboxylic acids is 1. The lowest BCUT2D eigenvalue weighted by molar-refractivity contribution is -0.120. The fraction of sp³-hybridized carbons (Fsp3) is 0.500. The Balaban J connectivity index is 2.69. The topological polar surface area (TPSA) is 79.3 Å². The van der Waals surface area contributed by atoms with E-state index in [4.69, 9.17) is 5.11 Å². The van der Waals surface area contributed by atoms with E-state index in [1.807, 2.05) is 6.92 Å². The highest BCUT2D eigenvalue weighted by Gasteiger charge is 2.16. The van der Waals surface area contributed by atoms with Crippen molar-refractivity contribution in [2.75, 3.05) is 5.32 Å². The largest absolute Gasteiger partial charge is 0.478 e. The molecule has 0 bridgehead atoms. The lowest BCUT2D eigenvalue weighted by Gasteiger charge is -2.14. The van der Waals surface area contributed by atoms with Crippen molar-refractivity contribution in [1.82, 2.24) is 4.98 Å². The van der Waals surface area contributed by atoms with Gasteiger partial charge in [-0.05, 0) is 25.0 Å². The zero-order valence-electron chi connectivity index (χ0n) is 11.3. The first-order valence-corrected chi connectivity index (χ1v) is 6.58. The first-order valence-electron chi connectivity index (χ1n) is 6.58. The van der Waals surface area contributed by atoms with Crippen LogP contribution in [-0.2, 0) is 4.79 Å². The number of hydrogen-bond donors (Lipinski definition) is 2. The van der Waals surface area contributed by atoms with Crippen LogP contribution < -0.4 is 5.32 Å². The second-order valence-corrected chi connectivity index (χ2v) is 4.47. The first-order chi connectivity index (χ1) is 9.08. The van der Waals surface area contributed by atoms with Crippen molar-refractivity contribution in [2.24, 2.45) is 5.92 Å². The Morgan fingerprint density at radius 2 is 2.16 bits per heavy atom. The number of carboxylic acid groups (broad SMARTS) is 1. The van der Waals surface area contributed by atoms with Crippen molar-refractivity contribution in [2.45, 2.75) is 39.5 Å². The fourth-order valence-corrected chi connectivity index (χ4v) is 1.83. The number of nitrogens with zero attached hydrogens (tertiary/aromatic N) is 1. The van der Waals surface area contributed by atoms with Gasteiger partial charge in [0.15, 0.2) is 0 Å². The Bertz CT molecular complexity index is 446. The summed E-state index contributed by atoms with van der Waals surface area (Å²) in [7, 11) is 0. The lowest BCUT2D eigenvalue weighted by atomic mass is 9.98. The molecule has 1 aromatic rings. The number of carboxylic acids is 1. The van der Waals surface area contributed by atoms with E-state index in [-0.39, 0.29) is 17.4 Å². The molecular formula is C14H20N2O3. The molecule has 0 saturated carbocycles. The van der Waals surface area contributed by atoms with E-state index in [0.29, 0.717) is 5.82 Å². The maximum Gasteiger partial charge on any atom is 0.335 e. The second-order valence-electron chi connectivity index (χ2n) is 4.47. The Labute approximate surface area is 113 Å². The molecule has 0 aliphatic carbocycles. The van der Waals surface area contributed by atoms with E-state index in [2.05, 4.69) is 17.2 Å². The van der Waals surface area contributed by atoms with Crippen LogP contribution in [0.4, 0.5) is 5.82 Å². The number of aromatic nitrogens is 1. The third kappa shape index (κ3) is 4.69. The van der Waals surface area contributed by atoms with Crippen LogP contribution in [0.25, 0.3) is 0 Å². The van der Waals surface area contributed by atoms with Crippen molar-refractivity contribution < 1.29 is 14.7 Å². The number of aromatic carboxylic acids is 1. The average molecular weight is 264 g/mol. The van der Waals surface area contributed by atoms with Gasteiger partial charge in [0.2, 0.25) is 5.91 Å². The van der Waals surface area contributed by atoms with E-state index in [1.165, 1.54) is 18.3 Å². The molecule has 104 valence electrons. The van der Waals surface area contributed by atoms with Gasteiger partial charge in [0.05, 0.1) is 5.56 Å².